The number of nitrogen functional groups attached to an aromatic ring is 1. The van der Waals surface area contributed by atoms with Crippen LogP contribution in [-0.4, -0.2) is 28.8 Å². The quantitative estimate of drug-likeness (QED) is 0.805. The van der Waals surface area contributed by atoms with Crippen LogP contribution in [0.1, 0.15) is 22.1 Å². The molecule has 0 fully saturated rings. The number of carbonyl (C=O) groups excluding carboxylic acids is 2. The van der Waals surface area contributed by atoms with E-state index in [0.29, 0.717) is 5.56 Å². The average Bonchev–Trinajstić information content (AvgIpc) is 2.84. The molecule has 2 rings (SSSR count). The van der Waals surface area contributed by atoms with Gasteiger partial charge in [-0.25, -0.2) is 4.79 Å². The number of benzene rings is 1. The summed E-state index contributed by atoms with van der Waals surface area (Å²) >= 11 is 0. The molecular formula is C14H16N4O3. The SMILES string of the molecule is COC(=O)C(NC(=O)c1c(N)cnn1C)c1ccccc1. The molecule has 0 aliphatic heterocycles. The minimum absolute atomic E-state index is 0.194. The van der Waals surface area contributed by atoms with Crippen LogP contribution >= 0.6 is 0 Å². The fourth-order valence-electron chi connectivity index (χ4n) is 1.97. The monoisotopic (exact) mass is 288 g/mol. The summed E-state index contributed by atoms with van der Waals surface area (Å²) in [5.74, 6) is -1.05. The van der Waals surface area contributed by atoms with Gasteiger partial charge >= 0.3 is 5.97 Å². The number of methoxy groups -OCH3 is 1. The van der Waals surface area contributed by atoms with Gasteiger partial charge in [0, 0.05) is 7.05 Å². The molecule has 0 saturated carbocycles. The Morgan fingerprint density at radius 1 is 1.33 bits per heavy atom. The number of esters is 1. The Morgan fingerprint density at radius 2 is 2.00 bits per heavy atom. The van der Waals surface area contributed by atoms with E-state index < -0.39 is 17.9 Å². The third-order valence-corrected chi connectivity index (χ3v) is 3.03. The number of hydrogen-bond acceptors (Lipinski definition) is 5. The van der Waals surface area contributed by atoms with Crippen molar-refractivity contribution in [2.45, 2.75) is 6.04 Å². The van der Waals surface area contributed by atoms with E-state index in [4.69, 9.17) is 10.5 Å². The molecule has 0 bridgehead atoms. The van der Waals surface area contributed by atoms with Crippen molar-refractivity contribution in [1.29, 1.82) is 0 Å². The summed E-state index contributed by atoms with van der Waals surface area (Å²) in [6, 6.07) is 7.92. The molecule has 1 heterocycles. The Hall–Kier alpha value is -2.83. The molecule has 7 nitrogen and oxygen atoms in total. The third-order valence-electron chi connectivity index (χ3n) is 3.03. The van der Waals surface area contributed by atoms with Gasteiger partial charge in [-0.1, -0.05) is 30.3 Å². The molecule has 0 aliphatic rings. The fourth-order valence-corrected chi connectivity index (χ4v) is 1.97. The molecule has 2 aromatic rings. The van der Waals surface area contributed by atoms with Crippen molar-refractivity contribution in [3.05, 3.63) is 47.8 Å². The zero-order valence-corrected chi connectivity index (χ0v) is 11.7. The summed E-state index contributed by atoms with van der Waals surface area (Å²) in [6.07, 6.45) is 1.38. The molecule has 0 saturated heterocycles. The van der Waals surface area contributed by atoms with Gasteiger partial charge in [0.15, 0.2) is 6.04 Å². The number of aromatic nitrogens is 2. The molecule has 1 unspecified atom stereocenters. The zero-order chi connectivity index (χ0) is 15.4. The highest BCUT2D eigenvalue weighted by Crippen LogP contribution is 2.16. The van der Waals surface area contributed by atoms with Crippen molar-refractivity contribution in [2.75, 3.05) is 12.8 Å². The van der Waals surface area contributed by atoms with Gasteiger partial charge in [-0.3, -0.25) is 9.48 Å². The maximum Gasteiger partial charge on any atom is 0.333 e. The van der Waals surface area contributed by atoms with E-state index >= 15 is 0 Å². The maximum absolute atomic E-state index is 12.3. The van der Waals surface area contributed by atoms with Gasteiger partial charge in [-0.15, -0.1) is 0 Å². The topological polar surface area (TPSA) is 99.2 Å². The van der Waals surface area contributed by atoms with Crippen LogP contribution < -0.4 is 11.1 Å². The summed E-state index contributed by atoms with van der Waals surface area (Å²) in [4.78, 5) is 24.2. The van der Waals surface area contributed by atoms with Crippen molar-refractivity contribution >= 4 is 17.6 Å². The first-order valence-corrected chi connectivity index (χ1v) is 6.25. The van der Waals surface area contributed by atoms with Gasteiger partial charge in [-0.2, -0.15) is 5.10 Å². The van der Waals surface area contributed by atoms with Crippen LogP contribution in [0, 0.1) is 0 Å². The fraction of sp³-hybridized carbons (Fsp3) is 0.214. The molecule has 7 heteroatoms. The van der Waals surface area contributed by atoms with Gasteiger partial charge < -0.3 is 15.8 Å². The Balaban J connectivity index is 2.28. The zero-order valence-electron chi connectivity index (χ0n) is 11.7. The standard InChI is InChI=1S/C14H16N4O3/c1-18-12(10(15)8-16-18)13(19)17-11(14(20)21-2)9-6-4-3-5-7-9/h3-8,11H,15H2,1-2H3,(H,17,19). The number of hydrogen-bond donors (Lipinski definition) is 2. The van der Waals surface area contributed by atoms with Gasteiger partial charge in [0.25, 0.3) is 5.91 Å². The predicted octanol–water partition coefficient (Wildman–Crippen LogP) is 0.646. The largest absolute Gasteiger partial charge is 0.467 e. The molecule has 110 valence electrons. The Bertz CT molecular complexity index is 632. The molecule has 1 amide bonds. The van der Waals surface area contributed by atoms with Crippen molar-refractivity contribution in [3.63, 3.8) is 0 Å². The molecule has 1 aromatic carbocycles. The van der Waals surface area contributed by atoms with Crippen molar-refractivity contribution in [1.82, 2.24) is 15.1 Å². The molecule has 1 atom stereocenters. The lowest BCUT2D eigenvalue weighted by Crippen LogP contribution is -2.35. The summed E-state index contributed by atoms with van der Waals surface area (Å²) < 4.78 is 6.09. The lowest BCUT2D eigenvalue weighted by Gasteiger charge is -2.17. The summed E-state index contributed by atoms with van der Waals surface area (Å²) in [5, 5.41) is 6.51. The van der Waals surface area contributed by atoms with E-state index in [0.717, 1.165) is 0 Å². The number of amides is 1. The van der Waals surface area contributed by atoms with Crippen LogP contribution in [0.25, 0.3) is 0 Å². The van der Waals surface area contributed by atoms with Gasteiger partial charge in [0.1, 0.15) is 5.69 Å². The number of nitrogens with two attached hydrogens (primary N) is 1. The van der Waals surface area contributed by atoms with E-state index in [1.807, 2.05) is 6.07 Å². The van der Waals surface area contributed by atoms with E-state index in [1.54, 1.807) is 31.3 Å². The molecule has 0 spiro atoms. The normalized spacial score (nSPS) is 11.7. The molecule has 0 radical (unpaired) electrons. The van der Waals surface area contributed by atoms with E-state index in [1.165, 1.54) is 18.0 Å². The van der Waals surface area contributed by atoms with Crippen molar-refractivity contribution in [3.8, 4) is 0 Å². The number of carbonyl (C=O) groups is 2. The van der Waals surface area contributed by atoms with Gasteiger partial charge in [0.2, 0.25) is 0 Å². The number of aryl methyl sites for hydroxylation is 1. The third kappa shape index (κ3) is 3.02. The maximum atomic E-state index is 12.3. The lowest BCUT2D eigenvalue weighted by atomic mass is 10.1. The van der Waals surface area contributed by atoms with Crippen LogP contribution in [0.3, 0.4) is 0 Å². The summed E-state index contributed by atoms with van der Waals surface area (Å²) in [5.41, 5.74) is 6.77. The van der Waals surface area contributed by atoms with E-state index in [-0.39, 0.29) is 11.4 Å². The number of ether oxygens (including phenoxy) is 1. The van der Waals surface area contributed by atoms with Crippen LogP contribution in [0.4, 0.5) is 5.69 Å². The highest BCUT2D eigenvalue weighted by Gasteiger charge is 2.26. The number of nitrogens with zero attached hydrogens (tertiary/aromatic N) is 2. The van der Waals surface area contributed by atoms with Crippen LogP contribution in [-0.2, 0) is 16.6 Å². The first-order chi connectivity index (χ1) is 10.0. The lowest BCUT2D eigenvalue weighted by molar-refractivity contribution is -0.143. The second-order valence-electron chi connectivity index (χ2n) is 4.41. The average molecular weight is 288 g/mol. The van der Waals surface area contributed by atoms with Crippen LogP contribution in [0.2, 0.25) is 0 Å². The Kier molecular flexibility index (Phi) is 4.22. The second-order valence-corrected chi connectivity index (χ2v) is 4.41. The Labute approximate surface area is 121 Å². The minimum Gasteiger partial charge on any atom is -0.467 e. The number of anilines is 1. The van der Waals surface area contributed by atoms with Crippen molar-refractivity contribution < 1.29 is 14.3 Å². The number of nitrogens with one attached hydrogen (secondary N) is 1. The Morgan fingerprint density at radius 3 is 2.52 bits per heavy atom. The summed E-state index contributed by atoms with van der Waals surface area (Å²) in [6.45, 7) is 0. The number of rotatable bonds is 4. The minimum atomic E-state index is -0.905. The van der Waals surface area contributed by atoms with Crippen LogP contribution in [0.15, 0.2) is 36.5 Å². The first-order valence-electron chi connectivity index (χ1n) is 6.25. The van der Waals surface area contributed by atoms with Gasteiger partial charge in [-0.05, 0) is 5.56 Å². The predicted molar refractivity (Wildman–Crippen MR) is 76.3 cm³/mol. The van der Waals surface area contributed by atoms with Crippen LogP contribution in [0.5, 0.6) is 0 Å². The smallest absolute Gasteiger partial charge is 0.333 e. The molecule has 21 heavy (non-hydrogen) atoms. The van der Waals surface area contributed by atoms with E-state index in [2.05, 4.69) is 10.4 Å². The molecular weight excluding hydrogens is 272 g/mol. The summed E-state index contributed by atoms with van der Waals surface area (Å²) in [7, 11) is 2.86. The molecule has 0 aliphatic carbocycles. The van der Waals surface area contributed by atoms with Crippen molar-refractivity contribution in [2.24, 2.45) is 7.05 Å². The van der Waals surface area contributed by atoms with Gasteiger partial charge in [0.05, 0.1) is 19.0 Å². The second kappa shape index (κ2) is 6.08. The highest BCUT2D eigenvalue weighted by atomic mass is 16.5. The molecule has 1 aromatic heterocycles. The first kappa shape index (κ1) is 14.6. The van der Waals surface area contributed by atoms with E-state index in [9.17, 15) is 9.59 Å². The highest BCUT2D eigenvalue weighted by molar-refractivity contribution is 5.99. The molecule has 3 N–H and O–H groups in total.